The topological polar surface area (TPSA) is 15.3 Å². The van der Waals surface area contributed by atoms with Crippen LogP contribution < -0.4 is 5.32 Å². The van der Waals surface area contributed by atoms with E-state index in [2.05, 4.69) is 37.9 Å². The van der Waals surface area contributed by atoms with Gasteiger partial charge in [-0.3, -0.25) is 0 Å². The molecule has 0 radical (unpaired) electrons. The summed E-state index contributed by atoms with van der Waals surface area (Å²) in [7, 11) is 0. The second kappa shape index (κ2) is 5.72. The van der Waals surface area contributed by atoms with E-state index in [1.54, 1.807) is 0 Å². The first kappa shape index (κ1) is 12.0. The Kier molecular flexibility index (Phi) is 4.90. The van der Waals surface area contributed by atoms with Crippen molar-refractivity contribution in [2.75, 3.05) is 19.6 Å². The molecule has 0 amide bonds. The number of nitrogens with one attached hydrogen (secondary N) is 1. The van der Waals surface area contributed by atoms with E-state index < -0.39 is 0 Å². The Hall–Kier alpha value is -0.0800. The Morgan fingerprint density at radius 3 is 2.36 bits per heavy atom. The van der Waals surface area contributed by atoms with E-state index >= 15 is 0 Å². The average Bonchev–Trinajstić information content (AvgIpc) is 2.94. The van der Waals surface area contributed by atoms with Crippen LogP contribution in [-0.4, -0.2) is 36.6 Å². The Morgan fingerprint density at radius 1 is 1.29 bits per heavy atom. The van der Waals surface area contributed by atoms with Gasteiger partial charge in [-0.15, -0.1) is 0 Å². The third-order valence-electron chi connectivity index (χ3n) is 2.89. The fourth-order valence-corrected chi connectivity index (χ4v) is 1.88. The molecule has 1 rings (SSSR count). The number of rotatable bonds is 7. The van der Waals surface area contributed by atoms with Gasteiger partial charge in [-0.05, 0) is 31.8 Å². The lowest BCUT2D eigenvalue weighted by molar-refractivity contribution is 0.234. The molecule has 84 valence electrons. The van der Waals surface area contributed by atoms with E-state index in [9.17, 15) is 0 Å². The second-order valence-electron chi connectivity index (χ2n) is 4.99. The molecule has 1 aliphatic rings. The summed E-state index contributed by atoms with van der Waals surface area (Å²) in [4.78, 5) is 2.63. The predicted octanol–water partition coefficient (Wildman–Crippen LogP) is 2.10. The van der Waals surface area contributed by atoms with Crippen molar-refractivity contribution in [1.82, 2.24) is 10.2 Å². The van der Waals surface area contributed by atoms with E-state index in [0.29, 0.717) is 6.04 Å². The van der Waals surface area contributed by atoms with E-state index in [-0.39, 0.29) is 0 Å². The molecule has 1 fully saturated rings. The van der Waals surface area contributed by atoms with Crippen LogP contribution in [0.2, 0.25) is 0 Å². The Labute approximate surface area is 89.1 Å². The Morgan fingerprint density at radius 2 is 1.93 bits per heavy atom. The summed E-state index contributed by atoms with van der Waals surface area (Å²) in [5.41, 5.74) is 0. The zero-order chi connectivity index (χ0) is 10.6. The van der Waals surface area contributed by atoms with Gasteiger partial charge in [0.2, 0.25) is 0 Å². The molecule has 1 unspecified atom stereocenters. The van der Waals surface area contributed by atoms with Crippen LogP contribution in [0.3, 0.4) is 0 Å². The van der Waals surface area contributed by atoms with Gasteiger partial charge in [0, 0.05) is 18.6 Å². The molecule has 0 heterocycles. The monoisotopic (exact) mass is 198 g/mol. The van der Waals surface area contributed by atoms with Crippen molar-refractivity contribution >= 4 is 0 Å². The molecular weight excluding hydrogens is 172 g/mol. The van der Waals surface area contributed by atoms with Crippen LogP contribution in [0, 0.1) is 5.92 Å². The largest absolute Gasteiger partial charge is 0.314 e. The number of nitrogens with zero attached hydrogens (tertiary/aromatic N) is 1. The van der Waals surface area contributed by atoms with Crippen LogP contribution in [0.5, 0.6) is 0 Å². The summed E-state index contributed by atoms with van der Waals surface area (Å²) >= 11 is 0. The normalized spacial score (nSPS) is 19.3. The minimum Gasteiger partial charge on any atom is -0.314 e. The van der Waals surface area contributed by atoms with Gasteiger partial charge in [0.25, 0.3) is 0 Å². The molecule has 2 heteroatoms. The molecule has 0 spiro atoms. The smallest absolute Gasteiger partial charge is 0.00964 e. The van der Waals surface area contributed by atoms with Crippen LogP contribution in [0.1, 0.15) is 40.5 Å². The third-order valence-corrected chi connectivity index (χ3v) is 2.89. The van der Waals surface area contributed by atoms with Crippen molar-refractivity contribution in [2.24, 2.45) is 5.92 Å². The van der Waals surface area contributed by atoms with E-state index in [1.165, 1.54) is 25.9 Å². The molecule has 1 aliphatic carbocycles. The maximum absolute atomic E-state index is 3.51. The maximum atomic E-state index is 3.51. The van der Waals surface area contributed by atoms with E-state index in [1.807, 2.05) is 0 Å². The maximum Gasteiger partial charge on any atom is 0.00964 e. The SMILES string of the molecule is CCN(CC(C)CNC(C)C)C1CC1. The summed E-state index contributed by atoms with van der Waals surface area (Å²) in [5.74, 6) is 0.776. The number of hydrogen-bond acceptors (Lipinski definition) is 2. The molecule has 0 bridgehead atoms. The highest BCUT2D eigenvalue weighted by Crippen LogP contribution is 2.26. The molecule has 0 aliphatic heterocycles. The molecule has 14 heavy (non-hydrogen) atoms. The van der Waals surface area contributed by atoms with Gasteiger partial charge in [0.15, 0.2) is 0 Å². The fourth-order valence-electron chi connectivity index (χ4n) is 1.88. The molecule has 0 saturated heterocycles. The first-order valence-electron chi connectivity index (χ1n) is 6.11. The zero-order valence-corrected chi connectivity index (χ0v) is 10.2. The van der Waals surface area contributed by atoms with Crippen LogP contribution in [-0.2, 0) is 0 Å². The highest BCUT2D eigenvalue weighted by molar-refractivity contribution is 4.84. The van der Waals surface area contributed by atoms with Crippen LogP contribution >= 0.6 is 0 Å². The van der Waals surface area contributed by atoms with Crippen LogP contribution in [0.15, 0.2) is 0 Å². The van der Waals surface area contributed by atoms with E-state index in [4.69, 9.17) is 0 Å². The summed E-state index contributed by atoms with van der Waals surface area (Å²) in [6, 6.07) is 1.54. The van der Waals surface area contributed by atoms with Gasteiger partial charge >= 0.3 is 0 Å². The highest BCUT2D eigenvalue weighted by atomic mass is 15.2. The first-order valence-corrected chi connectivity index (χ1v) is 6.11. The van der Waals surface area contributed by atoms with E-state index in [0.717, 1.165) is 18.5 Å². The van der Waals surface area contributed by atoms with Crippen LogP contribution in [0.25, 0.3) is 0 Å². The molecule has 0 aromatic rings. The minimum atomic E-state index is 0.619. The van der Waals surface area contributed by atoms with Gasteiger partial charge in [-0.1, -0.05) is 27.7 Å². The minimum absolute atomic E-state index is 0.619. The standard InChI is InChI=1S/C12H26N2/c1-5-14(12-6-7-12)9-11(4)8-13-10(2)3/h10-13H,5-9H2,1-4H3. The summed E-state index contributed by atoms with van der Waals surface area (Å²) < 4.78 is 0. The zero-order valence-electron chi connectivity index (χ0n) is 10.2. The lowest BCUT2D eigenvalue weighted by Crippen LogP contribution is -2.36. The molecule has 1 N–H and O–H groups in total. The Bertz CT molecular complexity index is 152. The van der Waals surface area contributed by atoms with Gasteiger partial charge in [0.1, 0.15) is 0 Å². The molecule has 0 aromatic heterocycles. The van der Waals surface area contributed by atoms with Crippen molar-refractivity contribution in [2.45, 2.75) is 52.6 Å². The van der Waals surface area contributed by atoms with Crippen molar-refractivity contribution in [3.8, 4) is 0 Å². The summed E-state index contributed by atoms with van der Waals surface area (Å²) in [5, 5.41) is 3.51. The second-order valence-corrected chi connectivity index (χ2v) is 4.99. The summed E-state index contributed by atoms with van der Waals surface area (Å²) in [6.07, 6.45) is 2.86. The van der Waals surface area contributed by atoms with Crippen molar-refractivity contribution < 1.29 is 0 Å². The van der Waals surface area contributed by atoms with Crippen molar-refractivity contribution in [3.05, 3.63) is 0 Å². The fraction of sp³-hybridized carbons (Fsp3) is 1.00. The quantitative estimate of drug-likeness (QED) is 0.674. The predicted molar refractivity (Wildman–Crippen MR) is 62.6 cm³/mol. The average molecular weight is 198 g/mol. The van der Waals surface area contributed by atoms with Gasteiger partial charge < -0.3 is 10.2 Å². The van der Waals surface area contributed by atoms with Crippen molar-refractivity contribution in [3.63, 3.8) is 0 Å². The summed E-state index contributed by atoms with van der Waals surface area (Å²) in [6.45, 7) is 12.7. The molecular formula is C12H26N2. The lowest BCUT2D eigenvalue weighted by atomic mass is 10.1. The van der Waals surface area contributed by atoms with Gasteiger partial charge in [0.05, 0.1) is 0 Å². The van der Waals surface area contributed by atoms with Gasteiger partial charge in [-0.25, -0.2) is 0 Å². The van der Waals surface area contributed by atoms with Crippen LogP contribution in [0.4, 0.5) is 0 Å². The Balaban J connectivity index is 2.13. The first-order chi connectivity index (χ1) is 6.63. The van der Waals surface area contributed by atoms with Crippen molar-refractivity contribution in [1.29, 1.82) is 0 Å². The molecule has 0 aromatic carbocycles. The van der Waals surface area contributed by atoms with Gasteiger partial charge in [-0.2, -0.15) is 0 Å². The molecule has 1 atom stereocenters. The molecule has 2 nitrogen and oxygen atoms in total. The highest BCUT2D eigenvalue weighted by Gasteiger charge is 2.28. The molecule has 1 saturated carbocycles. The third kappa shape index (κ3) is 4.43. The lowest BCUT2D eigenvalue weighted by Gasteiger charge is -2.24. The number of hydrogen-bond donors (Lipinski definition) is 1.